The van der Waals surface area contributed by atoms with Crippen molar-refractivity contribution in [1.82, 2.24) is 10.3 Å². The SMILES string of the molecule is O=C(O)CCCCCCNC(=O)c1ccc(Cl)cn1. The van der Waals surface area contributed by atoms with Gasteiger partial charge in [-0.2, -0.15) is 0 Å². The molecule has 0 aliphatic carbocycles. The molecule has 0 unspecified atom stereocenters. The smallest absolute Gasteiger partial charge is 0.303 e. The van der Waals surface area contributed by atoms with Gasteiger partial charge in [-0.1, -0.05) is 24.4 Å². The molecule has 1 rings (SSSR count). The highest BCUT2D eigenvalue weighted by molar-refractivity contribution is 6.30. The number of carboxylic acid groups (broad SMARTS) is 1. The lowest BCUT2D eigenvalue weighted by Gasteiger charge is -2.04. The molecular weight excluding hydrogens is 268 g/mol. The third kappa shape index (κ3) is 6.76. The molecule has 0 aliphatic heterocycles. The Kier molecular flexibility index (Phi) is 6.89. The molecule has 0 spiro atoms. The van der Waals surface area contributed by atoms with E-state index in [9.17, 15) is 9.59 Å². The second kappa shape index (κ2) is 8.48. The van der Waals surface area contributed by atoms with Gasteiger partial charge in [0, 0.05) is 19.2 Å². The van der Waals surface area contributed by atoms with Gasteiger partial charge in [-0.3, -0.25) is 9.59 Å². The molecule has 19 heavy (non-hydrogen) atoms. The van der Waals surface area contributed by atoms with Gasteiger partial charge in [0.15, 0.2) is 0 Å². The summed E-state index contributed by atoms with van der Waals surface area (Å²) in [6.07, 6.45) is 4.92. The molecule has 0 fully saturated rings. The molecule has 1 amide bonds. The number of carbonyl (C=O) groups is 2. The Labute approximate surface area is 117 Å². The average molecular weight is 285 g/mol. The summed E-state index contributed by atoms with van der Waals surface area (Å²) in [5.74, 6) is -0.982. The number of rotatable bonds is 8. The predicted octanol–water partition coefficient (Wildman–Crippen LogP) is 2.50. The van der Waals surface area contributed by atoms with E-state index >= 15 is 0 Å². The van der Waals surface area contributed by atoms with Crippen molar-refractivity contribution in [2.75, 3.05) is 6.54 Å². The van der Waals surface area contributed by atoms with Crippen molar-refractivity contribution in [3.05, 3.63) is 29.0 Å². The lowest BCUT2D eigenvalue weighted by atomic mass is 10.1. The minimum atomic E-state index is -0.762. The summed E-state index contributed by atoms with van der Waals surface area (Å²) in [4.78, 5) is 25.8. The number of aromatic nitrogens is 1. The lowest BCUT2D eigenvalue weighted by Crippen LogP contribution is -2.25. The third-order valence-corrected chi connectivity index (χ3v) is 2.79. The summed E-state index contributed by atoms with van der Waals surface area (Å²) in [6.45, 7) is 0.566. The van der Waals surface area contributed by atoms with E-state index in [1.807, 2.05) is 0 Å². The molecule has 1 aromatic rings. The first-order valence-electron chi connectivity index (χ1n) is 6.21. The normalized spacial score (nSPS) is 10.2. The van der Waals surface area contributed by atoms with Gasteiger partial charge in [0.1, 0.15) is 5.69 Å². The topological polar surface area (TPSA) is 79.3 Å². The van der Waals surface area contributed by atoms with Crippen molar-refractivity contribution in [2.45, 2.75) is 32.1 Å². The number of nitrogens with one attached hydrogen (secondary N) is 1. The fraction of sp³-hybridized carbons (Fsp3) is 0.462. The van der Waals surface area contributed by atoms with Gasteiger partial charge in [0.25, 0.3) is 5.91 Å². The first kappa shape index (κ1) is 15.4. The maximum atomic E-state index is 11.6. The number of carboxylic acids is 1. The Morgan fingerprint density at radius 1 is 1.21 bits per heavy atom. The van der Waals surface area contributed by atoms with E-state index in [0.717, 1.165) is 19.3 Å². The van der Waals surface area contributed by atoms with Gasteiger partial charge in [0.2, 0.25) is 0 Å². The number of halogens is 1. The Balaban J connectivity index is 2.11. The monoisotopic (exact) mass is 284 g/mol. The maximum absolute atomic E-state index is 11.6. The van der Waals surface area contributed by atoms with Crippen LogP contribution < -0.4 is 5.32 Å². The Hall–Kier alpha value is -1.62. The summed E-state index contributed by atoms with van der Waals surface area (Å²) in [5.41, 5.74) is 0.343. The van der Waals surface area contributed by atoms with Crippen LogP contribution in [0.3, 0.4) is 0 Å². The zero-order chi connectivity index (χ0) is 14.1. The van der Waals surface area contributed by atoms with Gasteiger partial charge in [-0.25, -0.2) is 4.98 Å². The zero-order valence-electron chi connectivity index (χ0n) is 10.6. The summed E-state index contributed by atoms with van der Waals surface area (Å²) in [6, 6.07) is 3.19. The number of aliphatic carboxylic acids is 1. The van der Waals surface area contributed by atoms with Gasteiger partial charge in [0.05, 0.1) is 5.02 Å². The van der Waals surface area contributed by atoms with Crippen LogP contribution in [-0.4, -0.2) is 28.5 Å². The largest absolute Gasteiger partial charge is 0.481 e. The molecule has 1 aromatic heterocycles. The van der Waals surface area contributed by atoms with Gasteiger partial charge >= 0.3 is 5.97 Å². The van der Waals surface area contributed by atoms with Crippen molar-refractivity contribution >= 4 is 23.5 Å². The second-order valence-corrected chi connectivity index (χ2v) is 4.61. The first-order chi connectivity index (χ1) is 9.09. The minimum Gasteiger partial charge on any atom is -0.481 e. The molecular formula is C13H17ClN2O3. The van der Waals surface area contributed by atoms with Crippen LogP contribution in [0.4, 0.5) is 0 Å². The fourth-order valence-corrected chi connectivity index (χ4v) is 1.67. The Bertz CT molecular complexity index is 420. The van der Waals surface area contributed by atoms with E-state index in [1.54, 1.807) is 12.1 Å². The molecule has 0 bridgehead atoms. The van der Waals surface area contributed by atoms with Crippen molar-refractivity contribution in [1.29, 1.82) is 0 Å². The number of carbonyl (C=O) groups excluding carboxylic acids is 1. The van der Waals surface area contributed by atoms with Crippen molar-refractivity contribution in [3.8, 4) is 0 Å². The molecule has 0 radical (unpaired) electrons. The molecule has 5 nitrogen and oxygen atoms in total. The second-order valence-electron chi connectivity index (χ2n) is 4.18. The van der Waals surface area contributed by atoms with Crippen LogP contribution in [0, 0.1) is 0 Å². The molecule has 0 atom stereocenters. The fourth-order valence-electron chi connectivity index (χ4n) is 1.56. The predicted molar refractivity (Wildman–Crippen MR) is 72.3 cm³/mol. The van der Waals surface area contributed by atoms with Crippen LogP contribution in [0.15, 0.2) is 18.3 Å². The molecule has 0 aliphatic rings. The number of hydrogen-bond donors (Lipinski definition) is 2. The molecule has 0 saturated heterocycles. The Morgan fingerprint density at radius 2 is 1.95 bits per heavy atom. The zero-order valence-corrected chi connectivity index (χ0v) is 11.3. The van der Waals surface area contributed by atoms with Crippen LogP contribution >= 0.6 is 11.6 Å². The van der Waals surface area contributed by atoms with Gasteiger partial charge in [-0.05, 0) is 25.0 Å². The van der Waals surface area contributed by atoms with E-state index in [4.69, 9.17) is 16.7 Å². The summed E-state index contributed by atoms with van der Waals surface area (Å²) >= 11 is 5.68. The highest BCUT2D eigenvalue weighted by Crippen LogP contribution is 2.06. The number of pyridine rings is 1. The number of unbranched alkanes of at least 4 members (excludes halogenated alkanes) is 3. The quantitative estimate of drug-likeness (QED) is 0.719. The summed E-state index contributed by atoms with van der Waals surface area (Å²) in [5, 5.41) is 11.7. The van der Waals surface area contributed by atoms with Crippen molar-refractivity contribution in [2.24, 2.45) is 0 Å². The molecule has 1 heterocycles. The van der Waals surface area contributed by atoms with Gasteiger partial charge in [-0.15, -0.1) is 0 Å². The summed E-state index contributed by atoms with van der Waals surface area (Å²) in [7, 11) is 0. The maximum Gasteiger partial charge on any atom is 0.303 e. The van der Waals surface area contributed by atoms with E-state index in [0.29, 0.717) is 23.7 Å². The van der Waals surface area contributed by atoms with Gasteiger partial charge < -0.3 is 10.4 Å². The number of amides is 1. The minimum absolute atomic E-state index is 0.209. The van der Waals surface area contributed by atoms with Crippen molar-refractivity contribution < 1.29 is 14.7 Å². The van der Waals surface area contributed by atoms with Crippen LogP contribution in [-0.2, 0) is 4.79 Å². The highest BCUT2D eigenvalue weighted by atomic mass is 35.5. The molecule has 6 heteroatoms. The molecule has 104 valence electrons. The molecule has 0 aromatic carbocycles. The third-order valence-electron chi connectivity index (χ3n) is 2.56. The average Bonchev–Trinajstić information content (AvgIpc) is 2.38. The van der Waals surface area contributed by atoms with Crippen molar-refractivity contribution in [3.63, 3.8) is 0 Å². The van der Waals surface area contributed by atoms with E-state index < -0.39 is 5.97 Å². The van der Waals surface area contributed by atoms with Crippen LogP contribution in [0.2, 0.25) is 5.02 Å². The Morgan fingerprint density at radius 3 is 2.58 bits per heavy atom. The first-order valence-corrected chi connectivity index (χ1v) is 6.59. The summed E-state index contributed by atoms with van der Waals surface area (Å²) < 4.78 is 0. The van der Waals surface area contributed by atoms with E-state index in [1.165, 1.54) is 6.20 Å². The number of hydrogen-bond acceptors (Lipinski definition) is 3. The standard InChI is InChI=1S/C13H17ClN2O3/c14-10-6-7-11(16-9-10)13(19)15-8-4-2-1-3-5-12(17)18/h6-7,9H,1-5,8H2,(H,15,19)(H,17,18). The van der Waals surface area contributed by atoms with Crippen LogP contribution in [0.25, 0.3) is 0 Å². The van der Waals surface area contributed by atoms with Crippen LogP contribution in [0.5, 0.6) is 0 Å². The molecule has 2 N–H and O–H groups in total. The highest BCUT2D eigenvalue weighted by Gasteiger charge is 2.05. The van der Waals surface area contributed by atoms with E-state index in [2.05, 4.69) is 10.3 Å². The lowest BCUT2D eigenvalue weighted by molar-refractivity contribution is -0.137. The molecule has 0 saturated carbocycles. The number of nitrogens with zero attached hydrogens (tertiary/aromatic N) is 1. The van der Waals surface area contributed by atoms with Crippen LogP contribution in [0.1, 0.15) is 42.6 Å². The van der Waals surface area contributed by atoms with E-state index in [-0.39, 0.29) is 12.3 Å².